The lowest BCUT2D eigenvalue weighted by atomic mass is 10.1. The second-order valence-corrected chi connectivity index (χ2v) is 4.63. The lowest BCUT2D eigenvalue weighted by Crippen LogP contribution is -2.19. The van der Waals surface area contributed by atoms with Gasteiger partial charge >= 0.3 is 0 Å². The van der Waals surface area contributed by atoms with Gasteiger partial charge < -0.3 is 5.32 Å². The fourth-order valence-electron chi connectivity index (χ4n) is 1.47. The van der Waals surface area contributed by atoms with Crippen molar-refractivity contribution in [3.63, 3.8) is 0 Å². The third-order valence-electron chi connectivity index (χ3n) is 2.32. The molecule has 1 N–H and O–H groups in total. The highest BCUT2D eigenvalue weighted by Crippen LogP contribution is 2.21. The highest BCUT2D eigenvalue weighted by atomic mass is 32.1. The maximum absolute atomic E-state index is 12.0. The smallest absolute Gasteiger partial charge is 0.248 e. The zero-order chi connectivity index (χ0) is 13.0. The van der Waals surface area contributed by atoms with E-state index in [2.05, 4.69) is 10.3 Å². The fraction of sp³-hybridized carbons (Fsp3) is 0.154. The zero-order valence-corrected chi connectivity index (χ0v) is 10.6. The number of rotatable bonds is 3. The molecule has 0 radical (unpaired) electrons. The first-order chi connectivity index (χ1) is 8.70. The summed E-state index contributed by atoms with van der Waals surface area (Å²) >= 11 is 1.33. The van der Waals surface area contributed by atoms with Crippen LogP contribution < -0.4 is 5.32 Å². The average molecular weight is 257 g/mol. The molecular weight excluding hydrogens is 246 g/mol. The first kappa shape index (κ1) is 12.3. The van der Waals surface area contributed by atoms with Gasteiger partial charge in [-0.2, -0.15) is 5.26 Å². The first-order valence-corrected chi connectivity index (χ1v) is 6.26. The van der Waals surface area contributed by atoms with E-state index in [-0.39, 0.29) is 5.91 Å². The van der Waals surface area contributed by atoms with Gasteiger partial charge in [-0.25, -0.2) is 4.98 Å². The summed E-state index contributed by atoms with van der Waals surface area (Å²) < 4.78 is 0. The Morgan fingerprint density at radius 3 is 2.72 bits per heavy atom. The maximum Gasteiger partial charge on any atom is 0.248 e. The minimum atomic E-state index is -0.857. The largest absolute Gasteiger partial charge is 0.325 e. The Kier molecular flexibility index (Phi) is 3.70. The number of para-hydroxylation sites is 1. The molecule has 2 rings (SSSR count). The van der Waals surface area contributed by atoms with Crippen LogP contribution in [-0.2, 0) is 4.79 Å². The summed E-state index contributed by atoms with van der Waals surface area (Å²) in [5, 5.41) is 14.2. The second kappa shape index (κ2) is 5.43. The van der Waals surface area contributed by atoms with Crippen LogP contribution in [0.15, 0.2) is 35.7 Å². The summed E-state index contributed by atoms with van der Waals surface area (Å²) in [6, 6.07) is 11.1. The van der Waals surface area contributed by atoms with Crippen molar-refractivity contribution in [2.45, 2.75) is 12.8 Å². The number of anilines is 1. The van der Waals surface area contributed by atoms with E-state index >= 15 is 0 Å². The molecule has 0 aliphatic heterocycles. The van der Waals surface area contributed by atoms with Crippen molar-refractivity contribution < 1.29 is 4.79 Å². The molecule has 18 heavy (non-hydrogen) atoms. The van der Waals surface area contributed by atoms with Crippen molar-refractivity contribution in [2.75, 3.05) is 5.32 Å². The Morgan fingerprint density at radius 1 is 1.44 bits per heavy atom. The number of thiazole rings is 1. The Labute approximate surface area is 109 Å². The lowest BCUT2D eigenvalue weighted by Gasteiger charge is -2.07. The SMILES string of the molecule is Cc1csc([C@@H](C#N)C(=O)Nc2ccccc2)n1. The Balaban J connectivity index is 2.15. The van der Waals surface area contributed by atoms with E-state index in [0.717, 1.165) is 5.69 Å². The minimum Gasteiger partial charge on any atom is -0.325 e. The number of hydrogen-bond acceptors (Lipinski definition) is 4. The molecule has 0 saturated heterocycles. The number of hydrogen-bond donors (Lipinski definition) is 1. The molecule has 2 aromatic rings. The minimum absolute atomic E-state index is 0.349. The van der Waals surface area contributed by atoms with Crippen molar-refractivity contribution in [1.82, 2.24) is 4.98 Å². The van der Waals surface area contributed by atoms with Crippen LogP contribution >= 0.6 is 11.3 Å². The fourth-order valence-corrected chi connectivity index (χ4v) is 2.30. The van der Waals surface area contributed by atoms with Gasteiger partial charge in [0, 0.05) is 16.8 Å². The number of nitrogens with zero attached hydrogens (tertiary/aromatic N) is 2. The molecule has 0 unspecified atom stereocenters. The molecule has 0 fully saturated rings. The normalized spacial score (nSPS) is 11.6. The highest BCUT2D eigenvalue weighted by Gasteiger charge is 2.23. The van der Waals surface area contributed by atoms with Crippen molar-refractivity contribution in [2.24, 2.45) is 0 Å². The molecule has 1 heterocycles. The van der Waals surface area contributed by atoms with E-state index in [0.29, 0.717) is 10.7 Å². The van der Waals surface area contributed by atoms with Crippen molar-refractivity contribution in [3.05, 3.63) is 46.4 Å². The standard InChI is InChI=1S/C13H11N3OS/c1-9-8-18-13(15-9)11(7-14)12(17)16-10-5-3-2-4-6-10/h2-6,8,11H,1H3,(H,16,17)/t11-/m0/s1. The molecule has 4 nitrogen and oxygen atoms in total. The van der Waals surface area contributed by atoms with Gasteiger partial charge in [-0.05, 0) is 19.1 Å². The van der Waals surface area contributed by atoms with E-state index in [1.165, 1.54) is 11.3 Å². The summed E-state index contributed by atoms with van der Waals surface area (Å²) in [6.07, 6.45) is 0. The van der Waals surface area contributed by atoms with Gasteiger partial charge in [-0.3, -0.25) is 4.79 Å². The molecule has 90 valence electrons. The molecule has 1 amide bonds. The third kappa shape index (κ3) is 2.73. The third-order valence-corrected chi connectivity index (χ3v) is 3.34. The predicted molar refractivity (Wildman–Crippen MR) is 70.3 cm³/mol. The van der Waals surface area contributed by atoms with Crippen LogP contribution in [0.5, 0.6) is 0 Å². The number of aryl methyl sites for hydroxylation is 1. The van der Waals surface area contributed by atoms with E-state index < -0.39 is 5.92 Å². The summed E-state index contributed by atoms with van der Waals surface area (Å²) in [6.45, 7) is 1.84. The Bertz CT molecular complexity index is 586. The van der Waals surface area contributed by atoms with Gasteiger partial charge in [-0.15, -0.1) is 11.3 Å². The topological polar surface area (TPSA) is 65.8 Å². The highest BCUT2D eigenvalue weighted by molar-refractivity contribution is 7.09. The van der Waals surface area contributed by atoms with Crippen LogP contribution in [0.4, 0.5) is 5.69 Å². The van der Waals surface area contributed by atoms with Crippen LogP contribution in [0.1, 0.15) is 16.6 Å². The van der Waals surface area contributed by atoms with Crippen LogP contribution in [0, 0.1) is 18.3 Å². The summed E-state index contributed by atoms with van der Waals surface area (Å²) in [7, 11) is 0. The van der Waals surface area contributed by atoms with Gasteiger partial charge in [0.15, 0.2) is 5.92 Å². The summed E-state index contributed by atoms with van der Waals surface area (Å²) in [5.41, 5.74) is 1.50. The number of carbonyl (C=O) groups excluding carboxylic acids is 1. The lowest BCUT2D eigenvalue weighted by molar-refractivity contribution is -0.116. The molecule has 1 aromatic heterocycles. The van der Waals surface area contributed by atoms with E-state index in [1.54, 1.807) is 12.1 Å². The number of nitriles is 1. The number of nitrogens with one attached hydrogen (secondary N) is 1. The monoisotopic (exact) mass is 257 g/mol. The van der Waals surface area contributed by atoms with Crippen LogP contribution in [0.3, 0.4) is 0 Å². The zero-order valence-electron chi connectivity index (χ0n) is 9.75. The van der Waals surface area contributed by atoms with Gasteiger partial charge in [-0.1, -0.05) is 18.2 Å². The number of amides is 1. The van der Waals surface area contributed by atoms with Gasteiger partial charge in [0.05, 0.1) is 6.07 Å². The van der Waals surface area contributed by atoms with E-state index in [9.17, 15) is 4.79 Å². The second-order valence-electron chi connectivity index (χ2n) is 3.74. The summed E-state index contributed by atoms with van der Waals surface area (Å²) in [5.74, 6) is -1.21. The van der Waals surface area contributed by atoms with Crippen LogP contribution in [0.25, 0.3) is 0 Å². The molecule has 1 aromatic carbocycles. The molecule has 0 saturated carbocycles. The van der Waals surface area contributed by atoms with Gasteiger partial charge in [0.2, 0.25) is 5.91 Å². The first-order valence-electron chi connectivity index (χ1n) is 5.38. The number of carbonyl (C=O) groups is 1. The van der Waals surface area contributed by atoms with Crippen LogP contribution in [-0.4, -0.2) is 10.9 Å². The molecule has 0 aliphatic carbocycles. The maximum atomic E-state index is 12.0. The predicted octanol–water partition coefficient (Wildman–Crippen LogP) is 2.70. The number of benzene rings is 1. The molecule has 0 aliphatic rings. The van der Waals surface area contributed by atoms with E-state index in [1.807, 2.05) is 36.6 Å². The Morgan fingerprint density at radius 2 is 2.17 bits per heavy atom. The van der Waals surface area contributed by atoms with E-state index in [4.69, 9.17) is 5.26 Å². The molecule has 5 heteroatoms. The molecular formula is C13H11N3OS. The van der Waals surface area contributed by atoms with Gasteiger partial charge in [0.25, 0.3) is 0 Å². The summed E-state index contributed by atoms with van der Waals surface area (Å²) in [4.78, 5) is 16.2. The molecule has 0 spiro atoms. The molecule has 1 atom stereocenters. The number of aromatic nitrogens is 1. The van der Waals surface area contributed by atoms with Crippen molar-refractivity contribution in [1.29, 1.82) is 5.26 Å². The van der Waals surface area contributed by atoms with Crippen molar-refractivity contribution >= 4 is 22.9 Å². The van der Waals surface area contributed by atoms with Gasteiger partial charge in [0.1, 0.15) is 5.01 Å². The molecule has 0 bridgehead atoms. The quantitative estimate of drug-likeness (QED) is 0.919. The average Bonchev–Trinajstić information content (AvgIpc) is 2.78. The van der Waals surface area contributed by atoms with Crippen molar-refractivity contribution in [3.8, 4) is 6.07 Å². The van der Waals surface area contributed by atoms with Crippen LogP contribution in [0.2, 0.25) is 0 Å². The Hall–Kier alpha value is -2.19.